The molecule has 0 radical (unpaired) electrons. The summed E-state index contributed by atoms with van der Waals surface area (Å²) in [6.07, 6.45) is 12.6. The molecule has 3 aromatic carbocycles. The molecular formula is C69H76Cl4F3I2K2N17O8. The molecule has 3 aliphatic rings. The summed E-state index contributed by atoms with van der Waals surface area (Å²) in [4.78, 5) is 80.9. The summed E-state index contributed by atoms with van der Waals surface area (Å²) in [6.45, 7) is 16.3. The second-order valence-corrected chi connectivity index (χ2v) is 26.8. The molecule has 11 aromatic rings. The van der Waals surface area contributed by atoms with E-state index in [9.17, 15) is 27.6 Å². The summed E-state index contributed by atoms with van der Waals surface area (Å²) in [6, 6.07) is 20.5. The van der Waals surface area contributed by atoms with Gasteiger partial charge in [-0.25, -0.2) is 47.5 Å². The van der Waals surface area contributed by atoms with Crippen molar-refractivity contribution in [3.05, 3.63) is 179 Å². The van der Waals surface area contributed by atoms with Crippen molar-refractivity contribution in [2.45, 2.75) is 87.6 Å². The van der Waals surface area contributed by atoms with E-state index in [1.165, 1.54) is 37.1 Å². The molecule has 3 aliphatic heterocycles. The van der Waals surface area contributed by atoms with Crippen molar-refractivity contribution in [1.82, 2.24) is 69.4 Å². The van der Waals surface area contributed by atoms with Gasteiger partial charge in [-0.2, -0.15) is 15.3 Å². The molecule has 3 fully saturated rings. The molecule has 36 heteroatoms. The van der Waals surface area contributed by atoms with Gasteiger partial charge in [-0.1, -0.05) is 49.7 Å². The van der Waals surface area contributed by atoms with Crippen molar-refractivity contribution < 1.29 is 156 Å². The van der Waals surface area contributed by atoms with E-state index in [0.717, 1.165) is 45.9 Å². The second kappa shape index (κ2) is 43.3. The zero-order valence-corrected chi connectivity index (χ0v) is 70.7. The molecule has 8 aromatic heterocycles. The number of H-pyrrole nitrogens is 1. The third kappa shape index (κ3) is 23.5. The number of carbonyl (C=O) groups excluding carboxylic acids is 4. The fraction of sp³-hybridized carbons (Fsp3) is 0.333. The number of aromatic nitrogens is 11. The van der Waals surface area contributed by atoms with Crippen LogP contribution in [0, 0.1) is 45.6 Å². The number of carbonyl (C=O) groups is 4. The molecule has 0 aliphatic carbocycles. The summed E-state index contributed by atoms with van der Waals surface area (Å²) < 4.78 is 57.9. The smallest absolute Gasteiger partial charge is 1.00 e. The predicted molar refractivity (Wildman–Crippen MR) is 407 cm³/mol. The molecule has 25 nitrogen and oxygen atoms in total. The van der Waals surface area contributed by atoms with Gasteiger partial charge in [0.2, 0.25) is 23.6 Å². The van der Waals surface area contributed by atoms with Crippen LogP contribution in [-0.2, 0) is 37.2 Å². The SMILES string of the molecule is C.C.Cc1cc(N2CCN(C(=O)CCl)[C@@H](C)C2)c(F)cc1Cl.Cc1cc(N2CCN(C(=O)Cn3nc(-c4ncco4)c4cccnc43)[C@@H](C)C2)c(F)cc1Cl.Cc1cc(N2CCN(C(=O)Cn3nc(I)c4cccnc43)[C@@H](C)C2)c(F)cc1Cl.Ic1[nH]nc2ncccc12.O=CO[O-].[H-].[K+].[K+].c1cocn1. The monoisotopic (exact) mass is 1800 g/mol. The molecular weight excluding hydrogens is 1730 g/mol. The molecule has 3 atom stereocenters. The molecule has 105 heavy (non-hydrogen) atoms. The Kier molecular flexibility index (Phi) is 37.3. The van der Waals surface area contributed by atoms with Gasteiger partial charge in [0.15, 0.2) is 29.0 Å². The van der Waals surface area contributed by atoms with Gasteiger partial charge in [-0.15, -0.1) is 11.6 Å². The molecule has 3 saturated heterocycles. The van der Waals surface area contributed by atoms with Crippen LogP contribution in [0.5, 0.6) is 0 Å². The molecule has 0 saturated carbocycles. The van der Waals surface area contributed by atoms with E-state index in [0.29, 0.717) is 114 Å². The van der Waals surface area contributed by atoms with Crippen LogP contribution in [0.3, 0.4) is 0 Å². The Hall–Kier alpha value is -5.14. The zero-order chi connectivity index (χ0) is 72.6. The Morgan fingerprint density at radius 2 is 1.05 bits per heavy atom. The van der Waals surface area contributed by atoms with Crippen LogP contribution in [0.4, 0.5) is 30.2 Å². The van der Waals surface area contributed by atoms with Gasteiger partial charge >= 0.3 is 103 Å². The molecule has 550 valence electrons. The zero-order valence-electron chi connectivity index (χ0n) is 58.2. The fourth-order valence-corrected chi connectivity index (χ4v) is 13.3. The molecule has 0 bridgehead atoms. The third-order valence-corrected chi connectivity index (χ3v) is 19.6. The Morgan fingerprint density at radius 1 is 0.619 bits per heavy atom. The van der Waals surface area contributed by atoms with Gasteiger partial charge in [-0.05, 0) is 176 Å². The number of alkyl halides is 1. The van der Waals surface area contributed by atoms with Crippen LogP contribution in [0.25, 0.3) is 44.7 Å². The minimum atomic E-state index is -0.356. The number of halogens is 9. The van der Waals surface area contributed by atoms with E-state index in [-0.39, 0.29) is 198 Å². The number of anilines is 3. The van der Waals surface area contributed by atoms with E-state index in [4.69, 9.17) is 60.9 Å². The first-order chi connectivity index (χ1) is 48.5. The Bertz CT molecular complexity index is 4640. The van der Waals surface area contributed by atoms with Gasteiger partial charge < -0.3 is 49.8 Å². The van der Waals surface area contributed by atoms with Crippen LogP contribution in [0.1, 0.15) is 53.7 Å². The number of hydrogen-bond donors (Lipinski definition) is 1. The second-order valence-electron chi connectivity index (χ2n) is 23.3. The minimum Gasteiger partial charge on any atom is -1.00 e. The van der Waals surface area contributed by atoms with Gasteiger partial charge in [0, 0.05) is 111 Å². The number of aromatic amines is 1. The number of rotatable bonds is 10. The predicted octanol–water partition coefficient (Wildman–Crippen LogP) is 6.93. The largest absolute Gasteiger partial charge is 1.00 e. The van der Waals surface area contributed by atoms with Gasteiger partial charge in [0.1, 0.15) is 56.3 Å². The first-order valence-electron chi connectivity index (χ1n) is 31.2. The summed E-state index contributed by atoms with van der Waals surface area (Å²) in [5, 5.41) is 28.3. The molecule has 0 spiro atoms. The molecule has 14 rings (SSSR count). The van der Waals surface area contributed by atoms with Gasteiger partial charge in [-0.3, -0.25) is 24.3 Å². The summed E-state index contributed by atoms with van der Waals surface area (Å²) >= 11 is 27.9. The number of fused-ring (bicyclic) bond motifs is 3. The van der Waals surface area contributed by atoms with E-state index in [1.807, 2.05) is 97.5 Å². The standard InChI is InChI=1S/C23H22ClFN6O2.C20H20ClFIN5O.C14H17Cl2FN2O.C6H4IN3.C3H3NO.CH2O3.2CH4.2K.H/c1-14-10-19(18(25)11-17(14)24)29-7-8-30(15(2)12-29)20(32)13-31-22-16(4-3-5-26-22)21(28-31)23-27-6-9-33-23;1-12-8-17(16(22)9-15(12)21)26-6-7-27(13(2)10-26)18(29)11-28-20-14(19(23)25-28)4-3-5-24-20;1-9-5-13(12(17)6-11(9)16)18-3-4-19(10(2)8-18)14(20)7-15;7-5-4-2-1-3-8-6(4)10-9-5;1-2-5-3-4-1;2-1-4-3;;;;;/h3-6,9-11,15H,7-8,12-13H2,1-2H3;3-5,8-9,13H,6-7,10-11H2,1-2H3;5-6,10H,3-4,7-8H2,1-2H3;1-3H,(H,8,9,10);1-3H;1,3H;2*1H4;;;/q;;;;;;;;2*+1;-1/p-1/t15-;13-;10-;;;;;;;;/m000......../s1. The molecule has 0 unspecified atom stereocenters. The van der Waals surface area contributed by atoms with Crippen molar-refractivity contribution in [3.63, 3.8) is 0 Å². The summed E-state index contributed by atoms with van der Waals surface area (Å²) in [7, 11) is 0. The number of pyridine rings is 3. The van der Waals surface area contributed by atoms with Crippen LogP contribution in [-0.4, -0.2) is 176 Å². The average Bonchev–Trinajstić information content (AvgIpc) is 1.42. The minimum absolute atomic E-state index is 0. The number of benzene rings is 3. The average molecular weight is 1800 g/mol. The van der Waals surface area contributed by atoms with E-state index >= 15 is 0 Å². The quantitative estimate of drug-likeness (QED) is 0.0363. The van der Waals surface area contributed by atoms with Crippen molar-refractivity contribution in [2.24, 2.45) is 0 Å². The summed E-state index contributed by atoms with van der Waals surface area (Å²) in [5.41, 5.74) is 6.69. The van der Waals surface area contributed by atoms with E-state index in [1.54, 1.807) is 68.3 Å². The Balaban J connectivity index is 0.000000297. The van der Waals surface area contributed by atoms with Crippen LogP contribution in [0.15, 0.2) is 132 Å². The maximum Gasteiger partial charge on any atom is 1.00 e. The Labute approximate surface area is 739 Å². The fourth-order valence-electron chi connectivity index (χ4n) is 11.5. The van der Waals surface area contributed by atoms with Crippen molar-refractivity contribution >= 4 is 166 Å². The van der Waals surface area contributed by atoms with E-state index < -0.39 is 0 Å². The maximum absolute atomic E-state index is 14.5. The topological polar surface area (TPSA) is 275 Å². The third-order valence-electron chi connectivity index (χ3n) is 16.5. The first kappa shape index (κ1) is 90.5. The van der Waals surface area contributed by atoms with Gasteiger partial charge in [0.25, 0.3) is 6.47 Å². The van der Waals surface area contributed by atoms with Crippen LogP contribution in [0.2, 0.25) is 15.1 Å². The number of hydrogen-bond acceptors (Lipinski definition) is 19. The molecule has 1 N–H and O–H groups in total. The van der Waals surface area contributed by atoms with Crippen LogP contribution < -0.4 is 123 Å². The number of amides is 3. The Morgan fingerprint density at radius 3 is 1.44 bits per heavy atom. The van der Waals surface area contributed by atoms with Gasteiger partial charge in [0.05, 0.1) is 45.6 Å². The normalized spacial score (nSPS) is 15.2. The number of aryl methyl sites for hydroxylation is 3. The molecule has 11 heterocycles. The number of piperazine rings is 3. The van der Waals surface area contributed by atoms with Crippen LogP contribution >= 0.6 is 91.6 Å². The molecule has 3 amide bonds. The first-order valence-corrected chi connectivity index (χ1v) is 35.1. The van der Waals surface area contributed by atoms with Crippen molar-refractivity contribution in [3.8, 4) is 11.6 Å². The number of nitrogens with one attached hydrogen (secondary N) is 1. The summed E-state index contributed by atoms with van der Waals surface area (Å²) in [5.74, 6) is -0.834. The van der Waals surface area contributed by atoms with Crippen molar-refractivity contribution in [2.75, 3.05) is 79.5 Å². The van der Waals surface area contributed by atoms with Crippen molar-refractivity contribution in [1.29, 1.82) is 0 Å². The number of oxazole rings is 2. The number of nitrogens with zero attached hydrogens (tertiary/aromatic N) is 16. The maximum atomic E-state index is 14.5. The van der Waals surface area contributed by atoms with E-state index in [2.05, 4.69) is 99.8 Å².